The molecule has 154 valence electrons. The molecule has 1 heterocycles. The Morgan fingerprint density at radius 3 is 2.47 bits per heavy atom. The Morgan fingerprint density at radius 1 is 1.13 bits per heavy atom. The molecule has 3 aromatic rings. The molecule has 0 bridgehead atoms. The number of nitrogens with zero attached hydrogens (tertiary/aromatic N) is 3. The maximum Gasteiger partial charge on any atom is 0.338 e. The average Bonchev–Trinajstić information content (AvgIpc) is 3.15. The molecule has 0 aliphatic rings. The van der Waals surface area contributed by atoms with Crippen LogP contribution in [0.5, 0.6) is 0 Å². The second-order valence-electron chi connectivity index (χ2n) is 6.74. The zero-order valence-corrected chi connectivity index (χ0v) is 17.2. The van der Waals surface area contributed by atoms with Gasteiger partial charge in [0.1, 0.15) is 6.07 Å². The molecule has 0 aliphatic carbocycles. The molecule has 0 saturated heterocycles. The third-order valence-electron chi connectivity index (χ3n) is 4.81. The molecule has 0 radical (unpaired) electrons. The van der Waals surface area contributed by atoms with Crippen molar-refractivity contribution >= 4 is 22.8 Å². The minimum atomic E-state index is -0.375. The average molecular weight is 405 g/mol. The van der Waals surface area contributed by atoms with Crippen LogP contribution in [0.25, 0.3) is 16.6 Å². The number of esters is 1. The highest BCUT2D eigenvalue weighted by Crippen LogP contribution is 2.26. The van der Waals surface area contributed by atoms with Gasteiger partial charge in [0.15, 0.2) is 0 Å². The molecule has 0 unspecified atom stereocenters. The van der Waals surface area contributed by atoms with Crippen molar-refractivity contribution in [3.05, 3.63) is 65.4 Å². The van der Waals surface area contributed by atoms with Crippen molar-refractivity contribution in [3.63, 3.8) is 0 Å². The van der Waals surface area contributed by atoms with Gasteiger partial charge in [-0.2, -0.15) is 5.26 Å². The molecule has 2 aromatic carbocycles. The summed E-state index contributed by atoms with van der Waals surface area (Å²) in [5.41, 5.74) is 3.03. The van der Waals surface area contributed by atoms with Gasteiger partial charge in [0.05, 0.1) is 29.9 Å². The minimum absolute atomic E-state index is 0.135. The summed E-state index contributed by atoms with van der Waals surface area (Å²) in [5.74, 6) is -0.510. The molecule has 0 N–H and O–H groups in total. The lowest BCUT2D eigenvalue weighted by Gasteiger charge is -2.16. The van der Waals surface area contributed by atoms with Crippen molar-refractivity contribution in [3.8, 4) is 11.8 Å². The Morgan fingerprint density at radius 2 is 1.83 bits per heavy atom. The van der Waals surface area contributed by atoms with Crippen LogP contribution in [0.2, 0.25) is 0 Å². The van der Waals surface area contributed by atoms with Crippen molar-refractivity contribution < 1.29 is 19.1 Å². The molecule has 0 fully saturated rings. The predicted molar refractivity (Wildman–Crippen MR) is 113 cm³/mol. The van der Waals surface area contributed by atoms with Crippen LogP contribution < -0.4 is 0 Å². The Kier molecular flexibility index (Phi) is 6.50. The van der Waals surface area contributed by atoms with Gasteiger partial charge >= 0.3 is 5.97 Å². The summed E-state index contributed by atoms with van der Waals surface area (Å²) in [5, 5.41) is 10.3. The number of rotatable bonds is 7. The topological polar surface area (TPSA) is 84.6 Å². The fourth-order valence-electron chi connectivity index (χ4n) is 3.19. The SMILES string of the molecule is CCOC(=O)c1ccc(-n2cc(C#N)c3cc(C(=O)N(C)CCOC)ccc32)cc1. The largest absolute Gasteiger partial charge is 0.462 e. The summed E-state index contributed by atoms with van der Waals surface area (Å²) in [6.07, 6.45) is 1.73. The summed E-state index contributed by atoms with van der Waals surface area (Å²) < 4.78 is 11.9. The molecule has 1 amide bonds. The summed E-state index contributed by atoms with van der Waals surface area (Å²) in [7, 11) is 3.30. The van der Waals surface area contributed by atoms with E-state index in [4.69, 9.17) is 9.47 Å². The van der Waals surface area contributed by atoms with Crippen LogP contribution in [0, 0.1) is 11.3 Å². The summed E-state index contributed by atoms with van der Waals surface area (Å²) in [6.45, 7) is 3.00. The van der Waals surface area contributed by atoms with Gasteiger partial charge in [0, 0.05) is 43.5 Å². The number of benzene rings is 2. The fraction of sp³-hybridized carbons (Fsp3) is 0.261. The third kappa shape index (κ3) is 4.19. The van der Waals surface area contributed by atoms with Gasteiger partial charge in [-0.1, -0.05) is 0 Å². The van der Waals surface area contributed by atoms with Crippen molar-refractivity contribution in [2.75, 3.05) is 33.9 Å². The van der Waals surface area contributed by atoms with Crippen LogP contribution >= 0.6 is 0 Å². The zero-order chi connectivity index (χ0) is 21.7. The van der Waals surface area contributed by atoms with E-state index >= 15 is 0 Å². The van der Waals surface area contributed by atoms with Gasteiger partial charge in [0.2, 0.25) is 0 Å². The summed E-state index contributed by atoms with van der Waals surface area (Å²) in [4.78, 5) is 26.1. The minimum Gasteiger partial charge on any atom is -0.462 e. The summed E-state index contributed by atoms with van der Waals surface area (Å²) in [6, 6.07) is 14.5. The van der Waals surface area contributed by atoms with Gasteiger partial charge in [-0.15, -0.1) is 0 Å². The predicted octanol–water partition coefficient (Wildman–Crippen LogP) is 3.40. The van der Waals surface area contributed by atoms with E-state index in [2.05, 4.69) is 6.07 Å². The Hall–Kier alpha value is -3.63. The van der Waals surface area contributed by atoms with Gasteiger partial charge in [-0.25, -0.2) is 4.79 Å². The van der Waals surface area contributed by atoms with Gasteiger partial charge in [-0.3, -0.25) is 4.79 Å². The molecule has 30 heavy (non-hydrogen) atoms. The summed E-state index contributed by atoms with van der Waals surface area (Å²) >= 11 is 0. The number of carbonyl (C=O) groups is 2. The van der Waals surface area contributed by atoms with Crippen LogP contribution in [0.3, 0.4) is 0 Å². The maximum atomic E-state index is 12.7. The van der Waals surface area contributed by atoms with Crippen molar-refractivity contribution in [2.24, 2.45) is 0 Å². The third-order valence-corrected chi connectivity index (χ3v) is 4.81. The van der Waals surface area contributed by atoms with E-state index in [0.717, 1.165) is 11.2 Å². The second-order valence-corrected chi connectivity index (χ2v) is 6.74. The normalized spacial score (nSPS) is 10.6. The van der Waals surface area contributed by atoms with E-state index < -0.39 is 0 Å². The number of hydrogen-bond donors (Lipinski definition) is 0. The van der Waals surface area contributed by atoms with Crippen LogP contribution in [0.4, 0.5) is 0 Å². The Bertz CT molecular complexity index is 1110. The van der Waals surface area contributed by atoms with Gasteiger partial charge in [-0.05, 0) is 49.4 Å². The van der Waals surface area contributed by atoms with Crippen molar-refractivity contribution in [1.29, 1.82) is 5.26 Å². The molecular weight excluding hydrogens is 382 g/mol. The number of nitriles is 1. The van der Waals surface area contributed by atoms with Crippen LogP contribution in [-0.4, -0.2) is 55.3 Å². The van der Waals surface area contributed by atoms with E-state index in [1.165, 1.54) is 0 Å². The highest BCUT2D eigenvalue weighted by molar-refractivity contribution is 6.00. The van der Waals surface area contributed by atoms with Crippen LogP contribution in [0.1, 0.15) is 33.2 Å². The number of fused-ring (bicyclic) bond motifs is 1. The zero-order valence-electron chi connectivity index (χ0n) is 17.2. The number of carbonyl (C=O) groups excluding carboxylic acids is 2. The standard InChI is InChI=1S/C23H23N3O4/c1-4-30-23(28)16-5-8-19(9-6-16)26-15-18(14-24)20-13-17(7-10-21(20)26)22(27)25(2)11-12-29-3/h5-10,13,15H,4,11-12H2,1-3H3. The molecule has 1 aromatic heterocycles. The maximum absolute atomic E-state index is 12.7. The first-order chi connectivity index (χ1) is 14.5. The number of hydrogen-bond acceptors (Lipinski definition) is 5. The van der Waals surface area contributed by atoms with Crippen LogP contribution in [0.15, 0.2) is 48.7 Å². The smallest absolute Gasteiger partial charge is 0.338 e. The molecule has 0 atom stereocenters. The number of aromatic nitrogens is 1. The van der Waals surface area contributed by atoms with Gasteiger partial charge in [0.25, 0.3) is 5.91 Å². The number of methoxy groups -OCH3 is 1. The first-order valence-electron chi connectivity index (χ1n) is 9.57. The Labute approximate surface area is 175 Å². The lowest BCUT2D eigenvalue weighted by atomic mass is 10.1. The fourth-order valence-corrected chi connectivity index (χ4v) is 3.19. The lowest BCUT2D eigenvalue weighted by molar-refractivity contribution is 0.0526. The van der Waals surface area contributed by atoms with Crippen molar-refractivity contribution in [2.45, 2.75) is 6.92 Å². The molecule has 3 rings (SSSR count). The first-order valence-corrected chi connectivity index (χ1v) is 9.57. The quantitative estimate of drug-likeness (QED) is 0.563. The van der Waals surface area contributed by atoms with E-state index in [1.807, 2.05) is 10.6 Å². The number of ether oxygens (including phenoxy) is 2. The molecule has 0 saturated carbocycles. The van der Waals surface area contributed by atoms with E-state index in [0.29, 0.717) is 41.8 Å². The number of likely N-dealkylation sites (N-methyl/N-ethyl adjacent to an activating group) is 1. The monoisotopic (exact) mass is 405 g/mol. The van der Waals surface area contributed by atoms with Gasteiger partial charge < -0.3 is 18.9 Å². The second kappa shape index (κ2) is 9.25. The van der Waals surface area contributed by atoms with E-state index in [-0.39, 0.29) is 11.9 Å². The number of amides is 1. The molecule has 7 heteroatoms. The first kappa shape index (κ1) is 21.1. The molecular formula is C23H23N3O4. The Balaban J connectivity index is 1.97. The highest BCUT2D eigenvalue weighted by atomic mass is 16.5. The van der Waals surface area contributed by atoms with Crippen molar-refractivity contribution in [1.82, 2.24) is 9.47 Å². The molecule has 7 nitrogen and oxygen atoms in total. The molecule has 0 spiro atoms. The van der Waals surface area contributed by atoms with E-state index in [1.54, 1.807) is 68.6 Å². The van der Waals surface area contributed by atoms with E-state index in [9.17, 15) is 14.9 Å². The highest BCUT2D eigenvalue weighted by Gasteiger charge is 2.16. The molecule has 0 aliphatic heterocycles. The lowest BCUT2D eigenvalue weighted by Crippen LogP contribution is -2.29. The van der Waals surface area contributed by atoms with Crippen LogP contribution in [-0.2, 0) is 9.47 Å².